The van der Waals surface area contributed by atoms with E-state index in [1.54, 1.807) is 30.3 Å². The first-order valence-electron chi connectivity index (χ1n) is 19.3. The Morgan fingerprint density at radius 1 is 0.839 bits per heavy atom. The van der Waals surface area contributed by atoms with Gasteiger partial charge in [0.25, 0.3) is 11.8 Å². The summed E-state index contributed by atoms with van der Waals surface area (Å²) >= 11 is 0. The van der Waals surface area contributed by atoms with Crippen molar-refractivity contribution >= 4 is 46.9 Å². The van der Waals surface area contributed by atoms with Crippen molar-refractivity contribution in [1.29, 1.82) is 0 Å². The first-order chi connectivity index (χ1) is 27.1. The van der Waals surface area contributed by atoms with Gasteiger partial charge in [0.05, 0.1) is 28.6 Å². The quantitative estimate of drug-likeness (QED) is 0.322. The number of imide groups is 2. The molecule has 16 nitrogen and oxygen atoms in total. The Labute approximate surface area is 322 Å². The highest BCUT2D eigenvalue weighted by molar-refractivity contribution is 6.23. The van der Waals surface area contributed by atoms with Gasteiger partial charge in [-0.25, -0.2) is 9.18 Å². The zero-order valence-electron chi connectivity index (χ0n) is 30.8. The fraction of sp³-hybridized carbons (Fsp3) is 0.462. The number of phenols is 1. The summed E-state index contributed by atoms with van der Waals surface area (Å²) in [5.41, 5.74) is 3.12. The third kappa shape index (κ3) is 6.42. The van der Waals surface area contributed by atoms with Crippen LogP contribution in [0.2, 0.25) is 0 Å². The number of piperazine rings is 2. The molecule has 56 heavy (non-hydrogen) atoms. The summed E-state index contributed by atoms with van der Waals surface area (Å²) in [6, 6.07) is 12.9. The molecule has 0 spiro atoms. The smallest absolute Gasteiger partial charge is 0.320 e. The van der Waals surface area contributed by atoms with E-state index in [-0.39, 0.29) is 54.3 Å². The second-order valence-corrected chi connectivity index (χ2v) is 15.4. The third-order valence-corrected chi connectivity index (χ3v) is 12.1. The number of phenolic OH excluding ortho intramolecular Hbond substituents is 1. The Bertz CT molecular complexity index is 2110. The number of benzene rings is 2. The molecule has 6 aliphatic heterocycles. The lowest BCUT2D eigenvalue weighted by Crippen LogP contribution is -2.62. The lowest BCUT2D eigenvalue weighted by Gasteiger charge is -2.47. The number of anilines is 3. The molecule has 6 aliphatic rings. The zero-order chi connectivity index (χ0) is 38.7. The normalized spacial score (nSPS) is 25.4. The number of para-hydroxylation sites is 1. The van der Waals surface area contributed by atoms with E-state index < -0.39 is 35.8 Å². The number of nitrogens with one attached hydrogen (secondary N) is 2. The van der Waals surface area contributed by atoms with Gasteiger partial charge in [-0.15, -0.1) is 10.2 Å². The third-order valence-electron chi connectivity index (χ3n) is 12.1. The number of piperidine rings is 2. The number of carbonyl (C=O) groups excluding carboxylic acids is 5. The number of amides is 6. The van der Waals surface area contributed by atoms with E-state index in [0.29, 0.717) is 94.6 Å². The van der Waals surface area contributed by atoms with Crippen molar-refractivity contribution in [3.05, 3.63) is 59.7 Å². The van der Waals surface area contributed by atoms with E-state index in [1.807, 2.05) is 32.9 Å². The molecule has 1 aromatic heterocycles. The summed E-state index contributed by atoms with van der Waals surface area (Å²) in [6.07, 6.45) is -0.377. The number of halogens is 1. The number of carbonyl (C=O) groups is 5. The van der Waals surface area contributed by atoms with Crippen LogP contribution in [0.25, 0.3) is 11.3 Å². The fourth-order valence-corrected chi connectivity index (χ4v) is 8.99. The molecule has 0 aliphatic carbocycles. The van der Waals surface area contributed by atoms with E-state index in [1.165, 1.54) is 0 Å². The summed E-state index contributed by atoms with van der Waals surface area (Å²) < 4.78 is 15.8. The lowest BCUT2D eigenvalue weighted by molar-refractivity contribution is -0.136. The molecule has 0 saturated carbocycles. The maximum Gasteiger partial charge on any atom is 0.320 e. The maximum absolute atomic E-state index is 15.8. The summed E-state index contributed by atoms with van der Waals surface area (Å²) in [4.78, 5) is 75.3. The van der Waals surface area contributed by atoms with Crippen LogP contribution in [-0.2, 0) is 9.59 Å². The second-order valence-electron chi connectivity index (χ2n) is 15.4. The Balaban J connectivity index is 0.759. The average molecular weight is 767 g/mol. The Kier molecular flexibility index (Phi) is 9.18. The van der Waals surface area contributed by atoms with E-state index >= 15 is 4.39 Å². The molecule has 4 saturated heterocycles. The number of aromatic nitrogens is 2. The molecular formula is C39H43FN10O6. The maximum atomic E-state index is 15.8. The van der Waals surface area contributed by atoms with Gasteiger partial charge in [-0.1, -0.05) is 12.1 Å². The number of nitrogens with zero attached hydrogens (tertiary/aromatic N) is 8. The van der Waals surface area contributed by atoms with Crippen molar-refractivity contribution in [2.45, 2.75) is 37.5 Å². The SMILES string of the molecule is O=C1CCC(N2C(=O)c3ccc(N4CC[C@H](CN5CCN(C(=O)N6CCN7c8cc(-c9ccccc9O)nnc8NC[C@H]7C6)CC5)[C@@H](F)C4)cc3C2=O)C(=O)N1. The molecular weight excluding hydrogens is 723 g/mol. The first kappa shape index (κ1) is 35.8. The zero-order valence-corrected chi connectivity index (χ0v) is 30.8. The first-order valence-corrected chi connectivity index (χ1v) is 19.3. The summed E-state index contributed by atoms with van der Waals surface area (Å²) in [6.45, 7) is 6.19. The van der Waals surface area contributed by atoms with Crippen LogP contribution in [0, 0.1) is 5.92 Å². The minimum Gasteiger partial charge on any atom is -0.507 e. The molecule has 3 aromatic rings. The van der Waals surface area contributed by atoms with Crippen molar-refractivity contribution in [2.24, 2.45) is 5.92 Å². The highest BCUT2D eigenvalue weighted by Gasteiger charge is 2.45. The number of rotatable bonds is 5. The number of fused-ring (bicyclic) bond motifs is 4. The minimum atomic E-state index is -1.11. The number of urea groups is 1. The molecule has 9 rings (SSSR count). The summed E-state index contributed by atoms with van der Waals surface area (Å²) in [5.74, 6) is -1.59. The highest BCUT2D eigenvalue weighted by atomic mass is 19.1. The van der Waals surface area contributed by atoms with Gasteiger partial charge in [-0.2, -0.15) is 0 Å². The average Bonchev–Trinajstić information content (AvgIpc) is 3.46. The van der Waals surface area contributed by atoms with Crippen molar-refractivity contribution in [3.8, 4) is 17.0 Å². The Hall–Kier alpha value is -5.84. The van der Waals surface area contributed by atoms with Crippen LogP contribution in [0.4, 0.5) is 26.4 Å². The predicted octanol–water partition coefficient (Wildman–Crippen LogP) is 1.77. The second kappa shape index (κ2) is 14.3. The Morgan fingerprint density at radius 3 is 2.41 bits per heavy atom. The number of aromatic hydroxyl groups is 1. The van der Waals surface area contributed by atoms with Crippen LogP contribution in [0.3, 0.4) is 0 Å². The minimum absolute atomic E-state index is 0.0179. The number of hydrogen-bond acceptors (Lipinski definition) is 12. The standard InChI is InChI=1S/C39H43FN10O6/c40-29-22-47(24-5-6-26-28(17-24)38(55)50(37(26)54)31-7-8-34(52)42-36(31)53)10-9-23(29)20-45-11-13-46(14-12-45)39(56)48-15-16-49-25(21-48)19-41-35-32(49)18-30(43-44-35)27-3-1-2-4-33(27)51/h1-6,17-18,23,25,29,31,51H,7-16,19-22H2,(H,41,44)(H,42,52,53)/t23-,25+,29+,31?/m1/s1. The van der Waals surface area contributed by atoms with Crippen molar-refractivity contribution in [3.63, 3.8) is 0 Å². The molecule has 0 radical (unpaired) electrons. The van der Waals surface area contributed by atoms with Gasteiger partial charge in [0.1, 0.15) is 18.0 Å². The molecule has 1 unspecified atom stereocenters. The molecule has 6 amide bonds. The molecule has 3 N–H and O–H groups in total. The molecule has 0 bridgehead atoms. The predicted molar refractivity (Wildman–Crippen MR) is 202 cm³/mol. The molecule has 4 fully saturated rings. The molecule has 292 valence electrons. The summed E-state index contributed by atoms with van der Waals surface area (Å²) in [7, 11) is 0. The van der Waals surface area contributed by atoms with Gasteiger partial charge in [0, 0.05) is 95.6 Å². The van der Waals surface area contributed by atoms with Gasteiger partial charge >= 0.3 is 6.03 Å². The molecule has 17 heteroatoms. The van der Waals surface area contributed by atoms with Crippen LogP contribution < -0.4 is 20.4 Å². The van der Waals surface area contributed by atoms with Crippen molar-refractivity contribution < 1.29 is 33.5 Å². The van der Waals surface area contributed by atoms with Gasteiger partial charge in [0.15, 0.2) is 5.82 Å². The van der Waals surface area contributed by atoms with Gasteiger partial charge < -0.3 is 30.0 Å². The highest BCUT2D eigenvalue weighted by Crippen LogP contribution is 2.37. The summed E-state index contributed by atoms with van der Waals surface area (Å²) in [5, 5.41) is 24.6. The van der Waals surface area contributed by atoms with Gasteiger partial charge in [0.2, 0.25) is 11.8 Å². The van der Waals surface area contributed by atoms with Gasteiger partial charge in [-0.3, -0.25) is 34.3 Å². The Morgan fingerprint density at radius 2 is 1.62 bits per heavy atom. The lowest BCUT2D eigenvalue weighted by atomic mass is 9.93. The molecule has 2 aromatic carbocycles. The van der Waals surface area contributed by atoms with E-state index in [0.717, 1.165) is 10.6 Å². The topological polar surface area (TPSA) is 175 Å². The van der Waals surface area contributed by atoms with Crippen LogP contribution >= 0.6 is 0 Å². The largest absolute Gasteiger partial charge is 0.507 e. The van der Waals surface area contributed by atoms with Crippen LogP contribution in [0.15, 0.2) is 48.5 Å². The van der Waals surface area contributed by atoms with Crippen LogP contribution in [0.1, 0.15) is 40.0 Å². The van der Waals surface area contributed by atoms with Crippen molar-refractivity contribution in [1.82, 2.24) is 35.1 Å². The van der Waals surface area contributed by atoms with Crippen molar-refractivity contribution in [2.75, 3.05) is 87.1 Å². The molecule has 4 atom stereocenters. The number of hydrogen-bond donors (Lipinski definition) is 3. The van der Waals surface area contributed by atoms with E-state index in [2.05, 4.69) is 30.6 Å². The molecule has 7 heterocycles. The van der Waals surface area contributed by atoms with E-state index in [4.69, 9.17) is 0 Å². The van der Waals surface area contributed by atoms with Crippen LogP contribution in [-0.4, -0.2) is 155 Å². The number of alkyl halides is 1. The fourth-order valence-electron chi connectivity index (χ4n) is 8.99. The van der Waals surface area contributed by atoms with Crippen LogP contribution in [0.5, 0.6) is 5.75 Å². The monoisotopic (exact) mass is 766 g/mol. The van der Waals surface area contributed by atoms with E-state index in [9.17, 15) is 29.1 Å². The van der Waals surface area contributed by atoms with Gasteiger partial charge in [-0.05, 0) is 49.2 Å².